The van der Waals surface area contributed by atoms with E-state index in [0.29, 0.717) is 16.8 Å². The number of hydrogen-bond acceptors (Lipinski definition) is 3. The van der Waals surface area contributed by atoms with Crippen molar-refractivity contribution >= 4 is 39.1 Å². The van der Waals surface area contributed by atoms with Crippen molar-refractivity contribution in [3.05, 3.63) is 93.5 Å². The number of fused-ring (bicyclic) bond motifs is 2. The molecule has 0 bridgehead atoms. The second-order valence-corrected chi connectivity index (χ2v) is 7.69. The van der Waals surface area contributed by atoms with Crippen molar-refractivity contribution in [3.63, 3.8) is 0 Å². The van der Waals surface area contributed by atoms with Crippen LogP contribution in [0.4, 0.5) is 11.4 Å². The number of anilines is 2. The topological polar surface area (TPSA) is 40.6 Å². The first kappa shape index (κ1) is 16.3. The molecule has 2 amide bonds. The van der Waals surface area contributed by atoms with Crippen LogP contribution >= 0.6 is 15.9 Å². The van der Waals surface area contributed by atoms with Crippen molar-refractivity contribution < 1.29 is 9.59 Å². The minimum Gasteiger partial charge on any atom is -0.363 e. The fourth-order valence-corrected chi connectivity index (χ4v) is 4.03. The molecule has 0 aromatic heterocycles. The van der Waals surface area contributed by atoms with Crippen LogP contribution in [-0.4, -0.2) is 11.8 Å². The summed E-state index contributed by atoms with van der Waals surface area (Å²) >= 11 is 3.38. The predicted octanol–water partition coefficient (Wildman–Crippen LogP) is 4.77. The summed E-state index contributed by atoms with van der Waals surface area (Å²) in [6.45, 7) is 1.63. The van der Waals surface area contributed by atoms with Gasteiger partial charge in [0.2, 0.25) is 0 Å². The standard InChI is InChI=1S/C22H15BrN2O2/c23-16-5-7-17(8-6-16)25-21(26)19-10-9-18(11-20(19)22(25)27)24-12-14-3-1-2-4-15(14)13-24/h1-11H,12-13H2. The number of nitrogens with zero attached hydrogens (tertiary/aromatic N) is 2. The van der Waals surface area contributed by atoms with Crippen LogP contribution in [0.5, 0.6) is 0 Å². The van der Waals surface area contributed by atoms with Crippen LogP contribution < -0.4 is 9.80 Å². The summed E-state index contributed by atoms with van der Waals surface area (Å²) < 4.78 is 0.902. The summed E-state index contributed by atoms with van der Waals surface area (Å²) in [5, 5.41) is 0. The minimum atomic E-state index is -0.270. The number of carbonyl (C=O) groups excluding carboxylic acids is 2. The Labute approximate surface area is 165 Å². The quantitative estimate of drug-likeness (QED) is 0.562. The van der Waals surface area contributed by atoms with Gasteiger partial charge in [0.05, 0.1) is 16.8 Å². The molecule has 3 aromatic carbocycles. The lowest BCUT2D eigenvalue weighted by molar-refractivity contribution is 0.0926. The first-order valence-electron chi connectivity index (χ1n) is 8.72. The van der Waals surface area contributed by atoms with Gasteiger partial charge in [-0.15, -0.1) is 0 Å². The van der Waals surface area contributed by atoms with Crippen molar-refractivity contribution in [2.75, 3.05) is 9.80 Å². The van der Waals surface area contributed by atoms with Gasteiger partial charge in [-0.3, -0.25) is 9.59 Å². The molecule has 5 rings (SSSR count). The summed E-state index contributed by atoms with van der Waals surface area (Å²) in [6.07, 6.45) is 0. The Balaban J connectivity index is 1.48. The molecule has 0 atom stereocenters. The summed E-state index contributed by atoms with van der Waals surface area (Å²) in [7, 11) is 0. The van der Waals surface area contributed by atoms with Crippen LogP contribution in [-0.2, 0) is 13.1 Å². The van der Waals surface area contributed by atoms with Gasteiger partial charge in [0.25, 0.3) is 11.8 Å². The van der Waals surface area contributed by atoms with E-state index < -0.39 is 0 Å². The van der Waals surface area contributed by atoms with E-state index in [0.717, 1.165) is 23.2 Å². The van der Waals surface area contributed by atoms with Crippen LogP contribution in [0.1, 0.15) is 31.8 Å². The molecule has 0 saturated carbocycles. The predicted molar refractivity (Wildman–Crippen MR) is 108 cm³/mol. The Morgan fingerprint density at radius 3 is 1.96 bits per heavy atom. The normalized spacial score (nSPS) is 15.3. The highest BCUT2D eigenvalue weighted by Crippen LogP contribution is 2.34. The van der Waals surface area contributed by atoms with Gasteiger partial charge in [0.1, 0.15) is 0 Å². The molecule has 0 saturated heterocycles. The zero-order valence-electron chi connectivity index (χ0n) is 14.4. The maximum Gasteiger partial charge on any atom is 0.266 e. The summed E-state index contributed by atoms with van der Waals surface area (Å²) in [4.78, 5) is 29.2. The smallest absolute Gasteiger partial charge is 0.266 e. The Kier molecular flexibility index (Phi) is 3.65. The number of benzene rings is 3. The van der Waals surface area contributed by atoms with E-state index in [1.807, 2.05) is 36.4 Å². The van der Waals surface area contributed by atoms with Gasteiger partial charge >= 0.3 is 0 Å². The summed E-state index contributed by atoms with van der Waals surface area (Å²) in [5.74, 6) is -0.538. The second kappa shape index (κ2) is 6.06. The minimum absolute atomic E-state index is 0.268. The number of amides is 2. The lowest BCUT2D eigenvalue weighted by Gasteiger charge is -2.18. The van der Waals surface area contributed by atoms with Crippen molar-refractivity contribution in [1.82, 2.24) is 0 Å². The molecule has 2 heterocycles. The van der Waals surface area contributed by atoms with E-state index in [9.17, 15) is 9.59 Å². The first-order valence-corrected chi connectivity index (χ1v) is 9.51. The van der Waals surface area contributed by atoms with Crippen molar-refractivity contribution in [2.45, 2.75) is 13.1 Å². The fourth-order valence-electron chi connectivity index (χ4n) is 3.77. The lowest BCUT2D eigenvalue weighted by Crippen LogP contribution is -2.29. The highest BCUT2D eigenvalue weighted by Gasteiger charge is 2.37. The van der Waals surface area contributed by atoms with Gasteiger partial charge in [0.15, 0.2) is 0 Å². The van der Waals surface area contributed by atoms with E-state index in [4.69, 9.17) is 0 Å². The molecule has 2 aliphatic rings. The molecule has 2 aliphatic heterocycles. The van der Waals surface area contributed by atoms with Crippen molar-refractivity contribution in [2.24, 2.45) is 0 Å². The van der Waals surface area contributed by atoms with Crippen LogP contribution in [0, 0.1) is 0 Å². The number of rotatable bonds is 2. The van der Waals surface area contributed by atoms with Gasteiger partial charge in [-0.25, -0.2) is 4.90 Å². The highest BCUT2D eigenvalue weighted by molar-refractivity contribution is 9.10. The zero-order valence-corrected chi connectivity index (χ0v) is 15.9. The summed E-state index contributed by atoms with van der Waals surface area (Å²) in [5.41, 5.74) is 5.08. The van der Waals surface area contributed by atoms with E-state index in [-0.39, 0.29) is 11.8 Å². The molecule has 0 aliphatic carbocycles. The Bertz CT molecular complexity index is 1070. The monoisotopic (exact) mass is 418 g/mol. The molecule has 3 aromatic rings. The number of carbonyl (C=O) groups is 2. The zero-order chi connectivity index (χ0) is 18.5. The number of imide groups is 1. The average molecular weight is 419 g/mol. The van der Waals surface area contributed by atoms with E-state index in [1.54, 1.807) is 18.2 Å². The third-order valence-corrected chi connectivity index (χ3v) is 5.69. The molecule has 0 radical (unpaired) electrons. The molecule has 132 valence electrons. The molecular formula is C22H15BrN2O2. The molecule has 4 nitrogen and oxygen atoms in total. The molecule has 0 N–H and O–H groups in total. The molecule has 0 unspecified atom stereocenters. The van der Waals surface area contributed by atoms with Crippen LogP contribution in [0.15, 0.2) is 71.2 Å². The molecular weight excluding hydrogens is 404 g/mol. The third-order valence-electron chi connectivity index (χ3n) is 5.16. The SMILES string of the molecule is O=C1c2ccc(N3Cc4ccccc4C3)cc2C(=O)N1c1ccc(Br)cc1. The molecule has 0 spiro atoms. The third kappa shape index (κ3) is 2.58. The van der Waals surface area contributed by atoms with Crippen molar-refractivity contribution in [1.29, 1.82) is 0 Å². The second-order valence-electron chi connectivity index (χ2n) is 6.78. The van der Waals surface area contributed by atoms with Gasteiger partial charge in [-0.1, -0.05) is 40.2 Å². The maximum absolute atomic E-state index is 13.0. The Hall–Kier alpha value is -2.92. The molecule has 5 heteroatoms. The van der Waals surface area contributed by atoms with Gasteiger partial charge in [0, 0.05) is 23.2 Å². The Morgan fingerprint density at radius 2 is 1.30 bits per heavy atom. The molecule has 27 heavy (non-hydrogen) atoms. The molecule has 0 fully saturated rings. The van der Waals surface area contributed by atoms with E-state index in [1.165, 1.54) is 16.0 Å². The van der Waals surface area contributed by atoms with Gasteiger partial charge in [-0.05, 0) is 53.6 Å². The van der Waals surface area contributed by atoms with Crippen LogP contribution in [0.3, 0.4) is 0 Å². The first-order chi connectivity index (χ1) is 13.1. The van der Waals surface area contributed by atoms with E-state index in [2.05, 4.69) is 33.0 Å². The van der Waals surface area contributed by atoms with Crippen LogP contribution in [0.2, 0.25) is 0 Å². The maximum atomic E-state index is 13.0. The summed E-state index contributed by atoms with van der Waals surface area (Å²) in [6, 6.07) is 21.1. The van der Waals surface area contributed by atoms with E-state index >= 15 is 0 Å². The Morgan fingerprint density at radius 1 is 0.704 bits per heavy atom. The largest absolute Gasteiger partial charge is 0.363 e. The lowest BCUT2D eigenvalue weighted by atomic mass is 10.1. The van der Waals surface area contributed by atoms with Crippen molar-refractivity contribution in [3.8, 4) is 0 Å². The average Bonchev–Trinajstić information content (AvgIpc) is 3.22. The van der Waals surface area contributed by atoms with Gasteiger partial charge in [-0.2, -0.15) is 0 Å². The van der Waals surface area contributed by atoms with Gasteiger partial charge < -0.3 is 4.90 Å². The fraction of sp³-hybridized carbons (Fsp3) is 0.0909. The number of halogens is 1. The van der Waals surface area contributed by atoms with Crippen LogP contribution in [0.25, 0.3) is 0 Å². The number of hydrogen-bond donors (Lipinski definition) is 0. The highest BCUT2D eigenvalue weighted by atomic mass is 79.9.